The molecule has 9 heteroatoms. The largest absolute Gasteiger partial charge is 0.467 e. The number of nitrogens with zero attached hydrogens (tertiary/aromatic N) is 4. The van der Waals surface area contributed by atoms with E-state index in [0.717, 1.165) is 11.1 Å². The lowest BCUT2D eigenvalue weighted by Gasteiger charge is -2.30. The fraction of sp³-hybridized carbons (Fsp3) is 0.250. The lowest BCUT2D eigenvalue weighted by molar-refractivity contribution is -0.143. The quantitative estimate of drug-likeness (QED) is 0.375. The molecule has 0 aliphatic carbocycles. The molecule has 0 spiro atoms. The van der Waals surface area contributed by atoms with Gasteiger partial charge in [-0.1, -0.05) is 47.7 Å². The zero-order valence-electron chi connectivity index (χ0n) is 18.3. The van der Waals surface area contributed by atoms with Crippen molar-refractivity contribution >= 4 is 22.8 Å². The van der Waals surface area contributed by atoms with E-state index in [2.05, 4.69) is 15.6 Å². The monoisotopic (exact) mass is 447 g/mol. The maximum Gasteiger partial charge on any atom is 0.250 e. The summed E-state index contributed by atoms with van der Waals surface area (Å²) in [5.74, 6) is -0.273. The second-order valence-corrected chi connectivity index (χ2v) is 7.44. The van der Waals surface area contributed by atoms with Crippen LogP contribution in [0.25, 0.3) is 11.0 Å². The third-order valence-corrected chi connectivity index (χ3v) is 5.20. The summed E-state index contributed by atoms with van der Waals surface area (Å²) in [5, 5.41) is 11.1. The van der Waals surface area contributed by atoms with Gasteiger partial charge in [-0.3, -0.25) is 9.59 Å². The van der Waals surface area contributed by atoms with Crippen molar-refractivity contribution in [2.24, 2.45) is 0 Å². The van der Waals surface area contributed by atoms with E-state index in [9.17, 15) is 9.59 Å². The van der Waals surface area contributed by atoms with E-state index in [0.29, 0.717) is 24.4 Å². The molecule has 2 amide bonds. The van der Waals surface area contributed by atoms with Crippen LogP contribution in [-0.4, -0.2) is 52.0 Å². The average Bonchev–Trinajstić information content (AvgIpc) is 3.50. The molecule has 4 aromatic rings. The van der Waals surface area contributed by atoms with E-state index >= 15 is 0 Å². The fourth-order valence-corrected chi connectivity index (χ4v) is 3.60. The van der Waals surface area contributed by atoms with E-state index < -0.39 is 6.04 Å². The molecule has 1 atom stereocenters. The van der Waals surface area contributed by atoms with Crippen LogP contribution < -0.4 is 5.32 Å². The standard InChI is InChI=1S/C24H25N5O4/c1-32-15-13-25-24(31)23(21-12-7-14-33-21)28(16-18-8-3-2-4-9-18)22(30)17-29-20-11-6-5-10-19(20)26-27-29/h2-12,14,23H,13,15-17H2,1H3,(H,25,31)/t23-/m0/s1. The average molecular weight is 447 g/mol. The van der Waals surface area contributed by atoms with E-state index in [1.54, 1.807) is 19.2 Å². The van der Waals surface area contributed by atoms with Crippen LogP contribution in [0.4, 0.5) is 0 Å². The van der Waals surface area contributed by atoms with Crippen molar-refractivity contribution in [2.75, 3.05) is 20.3 Å². The normalized spacial score (nSPS) is 11.9. The Morgan fingerprint density at radius 1 is 1.09 bits per heavy atom. The molecule has 0 aliphatic rings. The van der Waals surface area contributed by atoms with Gasteiger partial charge in [-0.15, -0.1) is 5.10 Å². The van der Waals surface area contributed by atoms with Crippen molar-refractivity contribution in [1.82, 2.24) is 25.2 Å². The van der Waals surface area contributed by atoms with Crippen LogP contribution in [0, 0.1) is 0 Å². The number of fused-ring (bicyclic) bond motifs is 1. The Labute approximate surface area is 190 Å². The third-order valence-electron chi connectivity index (χ3n) is 5.20. The molecule has 0 aliphatic heterocycles. The molecule has 170 valence electrons. The van der Waals surface area contributed by atoms with Gasteiger partial charge in [0.05, 0.1) is 18.4 Å². The summed E-state index contributed by atoms with van der Waals surface area (Å²) in [6, 6.07) is 19.3. The van der Waals surface area contributed by atoms with Crippen LogP contribution in [0.15, 0.2) is 77.4 Å². The SMILES string of the molecule is COCCNC(=O)[C@H](c1ccco1)N(Cc1ccccc1)C(=O)Cn1nnc2ccccc21. The van der Waals surface area contributed by atoms with Gasteiger partial charge in [0.1, 0.15) is 17.8 Å². The van der Waals surface area contributed by atoms with Crippen LogP contribution in [0.2, 0.25) is 0 Å². The Kier molecular flexibility index (Phi) is 7.11. The number of para-hydroxylation sites is 1. The Morgan fingerprint density at radius 2 is 1.88 bits per heavy atom. The third kappa shape index (κ3) is 5.27. The van der Waals surface area contributed by atoms with Crippen molar-refractivity contribution in [2.45, 2.75) is 19.1 Å². The minimum Gasteiger partial charge on any atom is -0.467 e. The molecule has 0 unspecified atom stereocenters. The van der Waals surface area contributed by atoms with Gasteiger partial charge in [-0.05, 0) is 29.8 Å². The van der Waals surface area contributed by atoms with Crippen molar-refractivity contribution in [3.63, 3.8) is 0 Å². The van der Waals surface area contributed by atoms with Gasteiger partial charge in [0.25, 0.3) is 5.91 Å². The van der Waals surface area contributed by atoms with Crippen LogP contribution in [-0.2, 0) is 27.4 Å². The number of carbonyl (C=O) groups excluding carboxylic acids is 2. The van der Waals surface area contributed by atoms with Crippen molar-refractivity contribution in [3.8, 4) is 0 Å². The summed E-state index contributed by atoms with van der Waals surface area (Å²) < 4.78 is 12.2. The van der Waals surface area contributed by atoms with Crippen molar-refractivity contribution in [3.05, 3.63) is 84.3 Å². The lowest BCUT2D eigenvalue weighted by Crippen LogP contribution is -2.45. The maximum absolute atomic E-state index is 13.6. The zero-order valence-corrected chi connectivity index (χ0v) is 18.3. The summed E-state index contributed by atoms with van der Waals surface area (Å²) in [4.78, 5) is 28.3. The summed E-state index contributed by atoms with van der Waals surface area (Å²) in [6.07, 6.45) is 1.49. The van der Waals surface area contributed by atoms with Crippen molar-refractivity contribution in [1.29, 1.82) is 0 Å². The highest BCUT2D eigenvalue weighted by Gasteiger charge is 2.34. The molecule has 2 aromatic carbocycles. The van der Waals surface area contributed by atoms with Gasteiger partial charge < -0.3 is 19.4 Å². The van der Waals surface area contributed by atoms with E-state index in [1.807, 2.05) is 54.6 Å². The molecule has 2 heterocycles. The number of benzene rings is 2. The number of aromatic nitrogens is 3. The van der Waals surface area contributed by atoms with Crippen LogP contribution in [0.5, 0.6) is 0 Å². The summed E-state index contributed by atoms with van der Waals surface area (Å²) in [6.45, 7) is 0.813. The molecule has 0 saturated heterocycles. The number of carbonyl (C=O) groups is 2. The highest BCUT2D eigenvalue weighted by Crippen LogP contribution is 2.25. The molecule has 33 heavy (non-hydrogen) atoms. The second kappa shape index (κ2) is 10.6. The summed E-state index contributed by atoms with van der Waals surface area (Å²) >= 11 is 0. The number of furan rings is 1. The minimum absolute atomic E-state index is 0.0735. The number of methoxy groups -OCH3 is 1. The molecule has 0 bridgehead atoms. The maximum atomic E-state index is 13.6. The van der Waals surface area contributed by atoms with E-state index in [-0.39, 0.29) is 24.9 Å². The smallest absolute Gasteiger partial charge is 0.250 e. The molecular weight excluding hydrogens is 422 g/mol. The number of rotatable bonds is 10. The van der Waals surface area contributed by atoms with Gasteiger partial charge in [0, 0.05) is 20.2 Å². The highest BCUT2D eigenvalue weighted by molar-refractivity contribution is 5.88. The summed E-state index contributed by atoms with van der Waals surface area (Å²) in [5.41, 5.74) is 2.32. The van der Waals surface area contributed by atoms with Crippen LogP contribution in [0.1, 0.15) is 17.4 Å². The Balaban J connectivity index is 1.67. The highest BCUT2D eigenvalue weighted by atomic mass is 16.5. The number of hydrogen-bond donors (Lipinski definition) is 1. The number of nitrogens with one attached hydrogen (secondary N) is 1. The molecule has 4 rings (SSSR count). The molecule has 2 aromatic heterocycles. The lowest BCUT2D eigenvalue weighted by atomic mass is 10.1. The molecule has 9 nitrogen and oxygen atoms in total. The van der Waals surface area contributed by atoms with E-state index in [4.69, 9.17) is 9.15 Å². The molecule has 0 saturated carbocycles. The van der Waals surface area contributed by atoms with Crippen LogP contribution in [0.3, 0.4) is 0 Å². The molecule has 0 fully saturated rings. The fourth-order valence-electron chi connectivity index (χ4n) is 3.60. The van der Waals surface area contributed by atoms with E-state index in [1.165, 1.54) is 15.8 Å². The van der Waals surface area contributed by atoms with Gasteiger partial charge in [0.15, 0.2) is 6.04 Å². The Morgan fingerprint density at radius 3 is 2.64 bits per heavy atom. The topological polar surface area (TPSA) is 102 Å². The number of amides is 2. The predicted molar refractivity (Wildman–Crippen MR) is 121 cm³/mol. The number of ether oxygens (including phenoxy) is 1. The van der Waals surface area contributed by atoms with Gasteiger partial charge >= 0.3 is 0 Å². The van der Waals surface area contributed by atoms with Gasteiger partial charge in [-0.25, -0.2) is 4.68 Å². The second-order valence-electron chi connectivity index (χ2n) is 7.44. The first kappa shape index (κ1) is 22.2. The van der Waals surface area contributed by atoms with Gasteiger partial charge in [0.2, 0.25) is 5.91 Å². The molecule has 1 N–H and O–H groups in total. The Bertz CT molecular complexity index is 1190. The zero-order chi connectivity index (χ0) is 23.0. The Hall–Kier alpha value is -3.98. The minimum atomic E-state index is -0.959. The molecule has 0 radical (unpaired) electrons. The summed E-state index contributed by atoms with van der Waals surface area (Å²) in [7, 11) is 1.56. The van der Waals surface area contributed by atoms with Crippen LogP contribution >= 0.6 is 0 Å². The predicted octanol–water partition coefficient (Wildman–Crippen LogP) is 2.56. The first-order valence-electron chi connectivity index (χ1n) is 10.6. The first-order valence-corrected chi connectivity index (χ1v) is 10.6. The first-order chi connectivity index (χ1) is 16.2. The molecular formula is C24H25N5O4. The van der Waals surface area contributed by atoms with Gasteiger partial charge in [-0.2, -0.15) is 0 Å². The van der Waals surface area contributed by atoms with Crippen molar-refractivity contribution < 1.29 is 18.7 Å². The number of hydrogen-bond acceptors (Lipinski definition) is 6.